The lowest BCUT2D eigenvalue weighted by Crippen LogP contribution is -2.46. The van der Waals surface area contributed by atoms with Crippen molar-refractivity contribution in [2.24, 2.45) is 0 Å². The zero-order chi connectivity index (χ0) is 19.9. The number of thioether (sulfide) groups is 1. The third kappa shape index (κ3) is 4.85. The molecular weight excluding hydrogens is 368 g/mol. The highest BCUT2D eigenvalue weighted by atomic mass is 32.2. The van der Waals surface area contributed by atoms with Crippen LogP contribution >= 0.6 is 11.8 Å². The normalized spacial score (nSPS) is 18.1. The van der Waals surface area contributed by atoms with Crippen LogP contribution in [0.15, 0.2) is 48.1 Å². The lowest BCUT2D eigenvalue weighted by Gasteiger charge is -2.36. The maximum absolute atomic E-state index is 13.1. The van der Waals surface area contributed by atoms with Gasteiger partial charge in [-0.05, 0) is 38.2 Å². The predicted octanol–water partition coefficient (Wildman–Crippen LogP) is 4.33. The van der Waals surface area contributed by atoms with Crippen LogP contribution < -0.4 is 0 Å². The first kappa shape index (κ1) is 20.6. The molecule has 0 radical (unpaired) electrons. The monoisotopic (exact) mass is 398 g/mol. The molecule has 1 fully saturated rings. The molecule has 28 heavy (non-hydrogen) atoms. The van der Waals surface area contributed by atoms with Gasteiger partial charge in [-0.1, -0.05) is 55.1 Å². The van der Waals surface area contributed by atoms with Gasteiger partial charge in [-0.15, -0.1) is 16.8 Å². The maximum Gasteiger partial charge on any atom is 0.236 e. The van der Waals surface area contributed by atoms with E-state index in [-0.39, 0.29) is 11.2 Å². The van der Waals surface area contributed by atoms with E-state index in [4.69, 9.17) is 0 Å². The Kier molecular flexibility index (Phi) is 7.31. The van der Waals surface area contributed by atoms with Gasteiger partial charge in [0.15, 0.2) is 5.16 Å². The Morgan fingerprint density at radius 2 is 2.11 bits per heavy atom. The fraction of sp³-hybridized carbons (Fsp3) is 0.500. The van der Waals surface area contributed by atoms with Crippen LogP contribution in [0.4, 0.5) is 0 Å². The van der Waals surface area contributed by atoms with E-state index in [2.05, 4.69) is 45.3 Å². The van der Waals surface area contributed by atoms with Gasteiger partial charge in [-0.25, -0.2) is 0 Å². The highest BCUT2D eigenvalue weighted by Crippen LogP contribution is 2.28. The summed E-state index contributed by atoms with van der Waals surface area (Å²) in [4.78, 5) is 15.1. The molecule has 0 bridgehead atoms. The predicted molar refractivity (Wildman–Crippen MR) is 114 cm³/mol. The van der Waals surface area contributed by atoms with Gasteiger partial charge in [0.2, 0.25) is 5.91 Å². The van der Waals surface area contributed by atoms with Crippen molar-refractivity contribution in [3.05, 3.63) is 54.4 Å². The molecule has 1 aromatic heterocycles. The van der Waals surface area contributed by atoms with Crippen molar-refractivity contribution in [3.8, 4) is 0 Å². The number of aromatic nitrogens is 3. The van der Waals surface area contributed by atoms with Gasteiger partial charge < -0.3 is 9.47 Å². The van der Waals surface area contributed by atoms with E-state index in [0.29, 0.717) is 19.0 Å². The molecule has 1 saturated heterocycles. The first-order valence-electron chi connectivity index (χ1n) is 10.2. The quantitative estimate of drug-likeness (QED) is 0.491. The largest absolute Gasteiger partial charge is 0.339 e. The average Bonchev–Trinajstić information content (AvgIpc) is 3.09. The number of carbonyl (C=O) groups excluding carboxylic acids is 1. The summed E-state index contributed by atoms with van der Waals surface area (Å²) in [6.45, 7) is 9.54. The third-order valence-electron chi connectivity index (χ3n) is 5.32. The number of hydrogen-bond acceptors (Lipinski definition) is 4. The summed E-state index contributed by atoms with van der Waals surface area (Å²) in [5.74, 6) is 1.12. The molecule has 2 aromatic rings. The van der Waals surface area contributed by atoms with E-state index in [1.54, 1.807) is 0 Å². The molecule has 5 nitrogen and oxygen atoms in total. The molecule has 1 aromatic carbocycles. The SMILES string of the molecule is C=CCn1c(Cc2ccccc2)nnc1SC(C)C(=O)N1CCCCC1CC. The Balaban J connectivity index is 1.73. The summed E-state index contributed by atoms with van der Waals surface area (Å²) in [6.07, 6.45) is 7.04. The van der Waals surface area contributed by atoms with Crippen molar-refractivity contribution in [2.45, 2.75) is 68.9 Å². The first-order chi connectivity index (χ1) is 13.6. The summed E-state index contributed by atoms with van der Waals surface area (Å²) in [6, 6.07) is 10.6. The second kappa shape index (κ2) is 9.92. The Morgan fingerprint density at radius 1 is 1.32 bits per heavy atom. The molecule has 0 aliphatic carbocycles. The summed E-state index contributed by atoms with van der Waals surface area (Å²) in [5, 5.41) is 9.41. The zero-order valence-electron chi connectivity index (χ0n) is 16.9. The molecule has 0 N–H and O–H groups in total. The summed E-state index contributed by atoms with van der Waals surface area (Å²) in [5.41, 5.74) is 1.19. The van der Waals surface area contributed by atoms with Crippen LogP contribution in [0.1, 0.15) is 50.9 Å². The van der Waals surface area contributed by atoms with Crippen LogP contribution in [0.5, 0.6) is 0 Å². The maximum atomic E-state index is 13.1. The second-order valence-electron chi connectivity index (χ2n) is 7.31. The van der Waals surface area contributed by atoms with Crippen LogP contribution in [0, 0.1) is 0 Å². The van der Waals surface area contributed by atoms with Crippen molar-refractivity contribution in [1.82, 2.24) is 19.7 Å². The number of hydrogen-bond donors (Lipinski definition) is 0. The molecule has 3 rings (SSSR count). The molecule has 2 unspecified atom stereocenters. The summed E-state index contributed by atoms with van der Waals surface area (Å²) >= 11 is 1.51. The molecule has 2 heterocycles. The van der Waals surface area contributed by atoms with Crippen LogP contribution in [-0.4, -0.2) is 43.4 Å². The van der Waals surface area contributed by atoms with E-state index >= 15 is 0 Å². The molecule has 6 heteroatoms. The Bertz CT molecular complexity index is 789. The van der Waals surface area contributed by atoms with Crippen molar-refractivity contribution in [3.63, 3.8) is 0 Å². The van der Waals surface area contributed by atoms with Crippen LogP contribution in [0.2, 0.25) is 0 Å². The Morgan fingerprint density at radius 3 is 2.82 bits per heavy atom. The molecule has 0 saturated carbocycles. The van der Waals surface area contributed by atoms with Crippen molar-refractivity contribution in [1.29, 1.82) is 0 Å². The van der Waals surface area contributed by atoms with Crippen LogP contribution in [0.25, 0.3) is 0 Å². The minimum absolute atomic E-state index is 0.176. The van der Waals surface area contributed by atoms with Gasteiger partial charge in [0.25, 0.3) is 0 Å². The molecule has 150 valence electrons. The second-order valence-corrected chi connectivity index (χ2v) is 8.62. The fourth-order valence-electron chi connectivity index (χ4n) is 3.79. The van der Waals surface area contributed by atoms with E-state index in [1.165, 1.54) is 23.7 Å². The van der Waals surface area contributed by atoms with Crippen molar-refractivity contribution >= 4 is 17.7 Å². The lowest BCUT2D eigenvalue weighted by atomic mass is 10.00. The lowest BCUT2D eigenvalue weighted by molar-refractivity contribution is -0.134. The molecule has 1 aliphatic heterocycles. The fourth-order valence-corrected chi connectivity index (χ4v) is 4.73. The molecule has 1 aliphatic rings. The van der Waals surface area contributed by atoms with Crippen LogP contribution in [0.3, 0.4) is 0 Å². The number of allylic oxidation sites excluding steroid dienone is 1. The third-order valence-corrected chi connectivity index (χ3v) is 6.39. The van der Waals surface area contributed by atoms with Gasteiger partial charge >= 0.3 is 0 Å². The smallest absolute Gasteiger partial charge is 0.236 e. The highest BCUT2D eigenvalue weighted by molar-refractivity contribution is 8.00. The van der Waals surface area contributed by atoms with E-state index in [9.17, 15) is 4.79 Å². The standard InChI is InChI=1S/C22H30N4OS/c1-4-14-26-20(16-18-11-7-6-8-12-18)23-24-22(26)28-17(3)21(27)25-15-10-9-13-19(25)5-2/h4,6-8,11-12,17,19H,1,5,9-10,13-16H2,2-3H3. The van der Waals surface area contributed by atoms with Crippen molar-refractivity contribution < 1.29 is 4.79 Å². The molecule has 0 spiro atoms. The van der Waals surface area contributed by atoms with Gasteiger partial charge in [0.1, 0.15) is 5.82 Å². The van der Waals surface area contributed by atoms with E-state index < -0.39 is 0 Å². The number of amides is 1. The highest BCUT2D eigenvalue weighted by Gasteiger charge is 2.30. The summed E-state index contributed by atoms with van der Waals surface area (Å²) in [7, 11) is 0. The first-order valence-corrected chi connectivity index (χ1v) is 11.1. The Labute approximate surface area is 172 Å². The number of benzene rings is 1. The van der Waals surface area contributed by atoms with E-state index in [0.717, 1.165) is 36.8 Å². The Hall–Kier alpha value is -2.08. The molecular formula is C22H30N4OS. The number of nitrogens with zero attached hydrogens (tertiary/aromatic N) is 4. The van der Waals surface area contributed by atoms with Crippen molar-refractivity contribution in [2.75, 3.05) is 6.54 Å². The minimum atomic E-state index is -0.176. The molecule has 2 atom stereocenters. The van der Waals surface area contributed by atoms with Gasteiger partial charge in [0, 0.05) is 25.6 Å². The van der Waals surface area contributed by atoms with Gasteiger partial charge in [-0.3, -0.25) is 4.79 Å². The number of rotatable bonds is 8. The minimum Gasteiger partial charge on any atom is -0.339 e. The van der Waals surface area contributed by atoms with E-state index in [1.807, 2.05) is 31.2 Å². The van der Waals surface area contributed by atoms with Gasteiger partial charge in [0.05, 0.1) is 5.25 Å². The molecule has 1 amide bonds. The topological polar surface area (TPSA) is 51.0 Å². The summed E-state index contributed by atoms with van der Waals surface area (Å²) < 4.78 is 2.07. The average molecular weight is 399 g/mol. The number of likely N-dealkylation sites (tertiary alicyclic amines) is 1. The zero-order valence-corrected chi connectivity index (χ0v) is 17.7. The number of piperidine rings is 1. The number of carbonyl (C=O) groups is 1. The van der Waals surface area contributed by atoms with Gasteiger partial charge in [-0.2, -0.15) is 0 Å². The van der Waals surface area contributed by atoms with Crippen LogP contribution in [-0.2, 0) is 17.8 Å².